The summed E-state index contributed by atoms with van der Waals surface area (Å²) < 4.78 is 26.4. The van der Waals surface area contributed by atoms with Crippen molar-refractivity contribution in [2.75, 3.05) is 13.1 Å². The van der Waals surface area contributed by atoms with Crippen LogP contribution in [0.3, 0.4) is 0 Å². The Morgan fingerprint density at radius 3 is 2.64 bits per heavy atom. The van der Waals surface area contributed by atoms with Crippen molar-refractivity contribution in [2.24, 2.45) is 11.7 Å². The van der Waals surface area contributed by atoms with Gasteiger partial charge in [0.2, 0.25) is 15.9 Å². The summed E-state index contributed by atoms with van der Waals surface area (Å²) in [5.74, 6) is 0.200. The molecule has 6 nitrogen and oxygen atoms in total. The fourth-order valence-corrected chi connectivity index (χ4v) is 3.82. The van der Waals surface area contributed by atoms with Gasteiger partial charge in [-0.2, -0.15) is 0 Å². The molecule has 1 aromatic carbocycles. The summed E-state index contributed by atoms with van der Waals surface area (Å²) in [6.45, 7) is 0.661. The van der Waals surface area contributed by atoms with E-state index in [0.29, 0.717) is 12.5 Å². The predicted octanol–water partition coefficient (Wildman–Crippen LogP) is 0.599. The van der Waals surface area contributed by atoms with E-state index in [4.69, 9.17) is 5.73 Å². The predicted molar refractivity (Wildman–Crippen MR) is 84.6 cm³/mol. The molecule has 2 atom stereocenters. The van der Waals surface area contributed by atoms with Crippen molar-refractivity contribution >= 4 is 15.9 Å². The summed E-state index contributed by atoms with van der Waals surface area (Å²) >= 11 is 0. The first-order valence-electron chi connectivity index (χ1n) is 7.57. The van der Waals surface area contributed by atoms with Gasteiger partial charge in [-0.15, -0.1) is 0 Å². The van der Waals surface area contributed by atoms with E-state index in [1.807, 2.05) is 0 Å². The third-order valence-electron chi connectivity index (χ3n) is 4.01. The zero-order valence-corrected chi connectivity index (χ0v) is 13.3. The number of nitrogens with two attached hydrogens (primary N) is 1. The van der Waals surface area contributed by atoms with E-state index in [1.165, 1.54) is 12.1 Å². The van der Waals surface area contributed by atoms with Gasteiger partial charge in [0.1, 0.15) is 0 Å². The Morgan fingerprint density at radius 1 is 1.23 bits per heavy atom. The van der Waals surface area contributed by atoms with Crippen molar-refractivity contribution in [3.8, 4) is 0 Å². The van der Waals surface area contributed by atoms with Gasteiger partial charge in [-0.25, -0.2) is 13.1 Å². The van der Waals surface area contributed by atoms with Crippen molar-refractivity contribution in [3.05, 3.63) is 30.3 Å². The molecule has 0 saturated heterocycles. The normalized spacial score (nSPS) is 21.7. The highest BCUT2D eigenvalue weighted by Crippen LogP contribution is 2.24. The minimum absolute atomic E-state index is 0.0864. The zero-order valence-electron chi connectivity index (χ0n) is 12.5. The molecule has 4 N–H and O–H groups in total. The Labute approximate surface area is 131 Å². The molecule has 7 heteroatoms. The molecule has 1 aromatic rings. The first kappa shape index (κ1) is 16.9. The van der Waals surface area contributed by atoms with E-state index >= 15 is 0 Å². The fraction of sp³-hybridized carbons (Fsp3) is 0.533. The summed E-state index contributed by atoms with van der Waals surface area (Å²) in [6.07, 6.45) is 3.19. The molecule has 1 fully saturated rings. The molecule has 2 rings (SSSR count). The zero-order chi connectivity index (χ0) is 16.0. The lowest BCUT2D eigenvalue weighted by molar-refractivity contribution is -0.121. The van der Waals surface area contributed by atoms with Crippen LogP contribution >= 0.6 is 0 Å². The maximum absolute atomic E-state index is 12.0. The monoisotopic (exact) mass is 325 g/mol. The van der Waals surface area contributed by atoms with Gasteiger partial charge in [0.05, 0.1) is 4.90 Å². The summed E-state index contributed by atoms with van der Waals surface area (Å²) in [6, 6.07) is 8.24. The standard InChI is InChI=1S/C15H23N3O3S/c16-11-12-5-4-8-14(12)18-15(19)9-10-17-22(20,21)13-6-2-1-3-7-13/h1-3,6-7,12,14,17H,4-5,8-11,16H2,(H,18,19). The molecule has 122 valence electrons. The first-order valence-corrected chi connectivity index (χ1v) is 9.05. The van der Waals surface area contributed by atoms with Crippen LogP contribution in [0.5, 0.6) is 0 Å². The van der Waals surface area contributed by atoms with Gasteiger partial charge in [-0.3, -0.25) is 4.79 Å². The highest BCUT2D eigenvalue weighted by Gasteiger charge is 2.27. The van der Waals surface area contributed by atoms with Crippen LogP contribution in [-0.2, 0) is 14.8 Å². The number of nitrogens with one attached hydrogen (secondary N) is 2. The number of carbonyl (C=O) groups excluding carboxylic acids is 1. The number of hydrogen-bond donors (Lipinski definition) is 3. The van der Waals surface area contributed by atoms with Crippen LogP contribution in [0.25, 0.3) is 0 Å². The van der Waals surface area contributed by atoms with E-state index in [0.717, 1.165) is 19.3 Å². The SMILES string of the molecule is NCC1CCCC1NC(=O)CCNS(=O)(=O)c1ccccc1. The van der Waals surface area contributed by atoms with Gasteiger partial charge < -0.3 is 11.1 Å². The molecular weight excluding hydrogens is 302 g/mol. The second-order valence-electron chi connectivity index (χ2n) is 5.56. The molecule has 0 spiro atoms. The highest BCUT2D eigenvalue weighted by molar-refractivity contribution is 7.89. The Bertz CT molecular complexity index is 589. The molecule has 2 unspecified atom stereocenters. The van der Waals surface area contributed by atoms with Gasteiger partial charge in [0, 0.05) is 19.0 Å². The van der Waals surface area contributed by atoms with Crippen LogP contribution in [0, 0.1) is 5.92 Å². The van der Waals surface area contributed by atoms with Crippen LogP contribution in [0.1, 0.15) is 25.7 Å². The minimum Gasteiger partial charge on any atom is -0.353 e. The van der Waals surface area contributed by atoms with Crippen molar-refractivity contribution in [3.63, 3.8) is 0 Å². The fourth-order valence-electron chi connectivity index (χ4n) is 2.77. The number of sulfonamides is 1. The Kier molecular flexibility index (Phi) is 5.93. The lowest BCUT2D eigenvalue weighted by Crippen LogP contribution is -2.41. The van der Waals surface area contributed by atoms with Crippen molar-refractivity contribution < 1.29 is 13.2 Å². The number of amides is 1. The molecule has 1 amide bonds. The molecular formula is C15H23N3O3S. The van der Waals surface area contributed by atoms with Gasteiger partial charge in [0.25, 0.3) is 0 Å². The smallest absolute Gasteiger partial charge is 0.240 e. The summed E-state index contributed by atoms with van der Waals surface area (Å²) in [4.78, 5) is 12.1. The van der Waals surface area contributed by atoms with Crippen molar-refractivity contribution in [2.45, 2.75) is 36.6 Å². The molecule has 0 radical (unpaired) electrons. The lowest BCUT2D eigenvalue weighted by Gasteiger charge is -2.19. The van der Waals surface area contributed by atoms with E-state index < -0.39 is 10.0 Å². The molecule has 1 saturated carbocycles. The minimum atomic E-state index is -3.55. The van der Waals surface area contributed by atoms with Crippen molar-refractivity contribution in [1.82, 2.24) is 10.0 Å². The third-order valence-corrected chi connectivity index (χ3v) is 5.48. The largest absolute Gasteiger partial charge is 0.353 e. The number of benzene rings is 1. The molecule has 0 heterocycles. The average molecular weight is 325 g/mol. The van der Waals surface area contributed by atoms with E-state index in [9.17, 15) is 13.2 Å². The van der Waals surface area contributed by atoms with Crippen LogP contribution in [0.15, 0.2) is 35.2 Å². The number of rotatable bonds is 7. The van der Waals surface area contributed by atoms with Crippen LogP contribution in [0.2, 0.25) is 0 Å². The molecule has 1 aliphatic carbocycles. The van der Waals surface area contributed by atoms with E-state index in [2.05, 4.69) is 10.0 Å². The van der Waals surface area contributed by atoms with Gasteiger partial charge in [0.15, 0.2) is 0 Å². The van der Waals surface area contributed by atoms with Crippen molar-refractivity contribution in [1.29, 1.82) is 0 Å². The van der Waals surface area contributed by atoms with E-state index in [1.54, 1.807) is 18.2 Å². The second-order valence-corrected chi connectivity index (χ2v) is 7.33. The molecule has 0 aliphatic heterocycles. The number of carbonyl (C=O) groups is 1. The second kappa shape index (κ2) is 7.71. The van der Waals surface area contributed by atoms with Gasteiger partial charge >= 0.3 is 0 Å². The summed E-state index contributed by atoms with van der Waals surface area (Å²) in [5.41, 5.74) is 5.68. The molecule has 0 bridgehead atoms. The number of hydrogen-bond acceptors (Lipinski definition) is 4. The molecule has 1 aliphatic rings. The Morgan fingerprint density at radius 2 is 1.95 bits per heavy atom. The van der Waals surface area contributed by atoms with Gasteiger partial charge in [-0.1, -0.05) is 24.6 Å². The Hall–Kier alpha value is -1.44. The van der Waals surface area contributed by atoms with Crippen LogP contribution < -0.4 is 15.8 Å². The molecule has 0 aromatic heterocycles. The van der Waals surface area contributed by atoms with E-state index in [-0.39, 0.29) is 29.8 Å². The van der Waals surface area contributed by atoms with Crippen LogP contribution in [-0.4, -0.2) is 33.5 Å². The topological polar surface area (TPSA) is 101 Å². The highest BCUT2D eigenvalue weighted by atomic mass is 32.2. The molecule has 22 heavy (non-hydrogen) atoms. The summed E-state index contributed by atoms with van der Waals surface area (Å²) in [7, 11) is -3.55. The third kappa shape index (κ3) is 4.53. The quantitative estimate of drug-likeness (QED) is 0.683. The Balaban J connectivity index is 1.77. The first-order chi connectivity index (χ1) is 10.5. The summed E-state index contributed by atoms with van der Waals surface area (Å²) in [5, 5.41) is 2.95. The lowest BCUT2D eigenvalue weighted by atomic mass is 10.0. The average Bonchev–Trinajstić information content (AvgIpc) is 2.95. The maximum Gasteiger partial charge on any atom is 0.240 e. The van der Waals surface area contributed by atoms with Gasteiger partial charge in [-0.05, 0) is 37.4 Å². The maximum atomic E-state index is 12.0. The van der Waals surface area contributed by atoms with Crippen LogP contribution in [0.4, 0.5) is 0 Å².